The number of benzene rings is 1. The van der Waals surface area contributed by atoms with Gasteiger partial charge < -0.3 is 10.2 Å². The third kappa shape index (κ3) is 6.22. The number of halogens is 1. The first-order valence-electron chi connectivity index (χ1n) is 8.03. The Kier molecular flexibility index (Phi) is 7.07. The molecule has 0 aliphatic rings. The first kappa shape index (κ1) is 19.5. The molecule has 0 aliphatic carbocycles. The number of nitrogens with zero attached hydrogens (tertiary/aromatic N) is 1. The van der Waals surface area contributed by atoms with E-state index in [1.165, 1.54) is 0 Å². The molecule has 4 nitrogen and oxygen atoms in total. The lowest BCUT2D eigenvalue weighted by molar-refractivity contribution is -0.141. The summed E-state index contributed by atoms with van der Waals surface area (Å²) in [6, 6.07) is 6.88. The van der Waals surface area contributed by atoms with Crippen LogP contribution in [0.25, 0.3) is 0 Å². The van der Waals surface area contributed by atoms with E-state index < -0.39 is 6.04 Å². The number of nitrogens with one attached hydrogen (secondary N) is 1. The van der Waals surface area contributed by atoms with Crippen molar-refractivity contribution in [3.05, 3.63) is 34.9 Å². The van der Waals surface area contributed by atoms with Crippen LogP contribution < -0.4 is 5.32 Å². The number of hydrogen-bond acceptors (Lipinski definition) is 2. The molecule has 0 spiro atoms. The molecule has 1 N–H and O–H groups in total. The molecule has 0 saturated heterocycles. The van der Waals surface area contributed by atoms with Crippen molar-refractivity contribution in [2.24, 2.45) is 0 Å². The standard InChI is InChI=1S/C18H27ClN2O2/c1-6-15(17(23)20-18(3,4)5)21(16(22)7-2)12-13-8-10-14(19)11-9-13/h8-11,15H,6-7,12H2,1-5H3,(H,20,23)/t15-/m1/s1. The summed E-state index contributed by atoms with van der Waals surface area (Å²) in [5, 5.41) is 3.62. The molecule has 0 aliphatic heterocycles. The Morgan fingerprint density at radius 3 is 2.17 bits per heavy atom. The first-order chi connectivity index (χ1) is 10.7. The lowest BCUT2D eigenvalue weighted by Crippen LogP contribution is -2.53. The van der Waals surface area contributed by atoms with E-state index >= 15 is 0 Å². The minimum absolute atomic E-state index is 0.0316. The summed E-state index contributed by atoms with van der Waals surface area (Å²) >= 11 is 5.91. The topological polar surface area (TPSA) is 49.4 Å². The molecule has 1 aromatic carbocycles. The molecule has 5 heteroatoms. The fourth-order valence-corrected chi connectivity index (χ4v) is 2.49. The van der Waals surface area contributed by atoms with Crippen LogP contribution in [0.3, 0.4) is 0 Å². The van der Waals surface area contributed by atoms with Crippen LogP contribution in [0.5, 0.6) is 0 Å². The summed E-state index contributed by atoms with van der Waals surface area (Å²) in [6.45, 7) is 9.94. The zero-order valence-corrected chi connectivity index (χ0v) is 15.4. The lowest BCUT2D eigenvalue weighted by atomic mass is 10.1. The Morgan fingerprint density at radius 2 is 1.74 bits per heavy atom. The molecule has 0 heterocycles. The van der Waals surface area contributed by atoms with Gasteiger partial charge in [0.05, 0.1) is 0 Å². The first-order valence-corrected chi connectivity index (χ1v) is 8.41. The van der Waals surface area contributed by atoms with E-state index in [1.807, 2.05) is 46.8 Å². The molecule has 128 valence electrons. The van der Waals surface area contributed by atoms with Crippen LogP contribution in [0.4, 0.5) is 0 Å². The average Bonchev–Trinajstić information content (AvgIpc) is 2.46. The largest absolute Gasteiger partial charge is 0.350 e. The summed E-state index contributed by atoms with van der Waals surface area (Å²) in [6.07, 6.45) is 0.939. The second kappa shape index (κ2) is 8.34. The maximum atomic E-state index is 12.6. The molecular formula is C18H27ClN2O2. The average molecular weight is 339 g/mol. The summed E-state index contributed by atoms with van der Waals surface area (Å²) in [7, 11) is 0. The zero-order chi connectivity index (χ0) is 17.6. The number of amides is 2. The molecule has 0 radical (unpaired) electrons. The van der Waals surface area contributed by atoms with Crippen molar-refractivity contribution in [3.8, 4) is 0 Å². The zero-order valence-electron chi connectivity index (χ0n) is 14.6. The van der Waals surface area contributed by atoms with E-state index in [-0.39, 0.29) is 17.4 Å². The van der Waals surface area contributed by atoms with Crippen LogP contribution >= 0.6 is 11.6 Å². The lowest BCUT2D eigenvalue weighted by Gasteiger charge is -2.33. The van der Waals surface area contributed by atoms with Crippen molar-refractivity contribution >= 4 is 23.4 Å². The van der Waals surface area contributed by atoms with Gasteiger partial charge in [-0.3, -0.25) is 9.59 Å². The number of hydrogen-bond donors (Lipinski definition) is 1. The van der Waals surface area contributed by atoms with Gasteiger partial charge in [-0.25, -0.2) is 0 Å². The number of carbonyl (C=O) groups excluding carboxylic acids is 2. The molecule has 0 saturated carbocycles. The van der Waals surface area contributed by atoms with Gasteiger partial charge in [0.25, 0.3) is 0 Å². The fourth-order valence-electron chi connectivity index (χ4n) is 2.36. The highest BCUT2D eigenvalue weighted by molar-refractivity contribution is 6.30. The van der Waals surface area contributed by atoms with Crippen LogP contribution in [0.15, 0.2) is 24.3 Å². The Hall–Kier alpha value is -1.55. The second-order valence-corrected chi connectivity index (χ2v) is 7.10. The van der Waals surface area contributed by atoms with E-state index in [4.69, 9.17) is 11.6 Å². The third-order valence-corrected chi connectivity index (χ3v) is 3.70. The van der Waals surface area contributed by atoms with E-state index in [2.05, 4.69) is 5.32 Å². The maximum absolute atomic E-state index is 12.6. The summed E-state index contributed by atoms with van der Waals surface area (Å²) < 4.78 is 0. The summed E-state index contributed by atoms with van der Waals surface area (Å²) in [5.74, 6) is -0.147. The Labute approximate surface area is 144 Å². The molecule has 0 fully saturated rings. The highest BCUT2D eigenvalue weighted by Crippen LogP contribution is 2.16. The predicted octanol–water partition coefficient (Wildman–Crippen LogP) is 3.77. The van der Waals surface area contributed by atoms with Gasteiger partial charge in [0.15, 0.2) is 0 Å². The van der Waals surface area contributed by atoms with Crippen LogP contribution in [0.2, 0.25) is 5.02 Å². The predicted molar refractivity (Wildman–Crippen MR) is 94.3 cm³/mol. The van der Waals surface area contributed by atoms with Crippen molar-refractivity contribution < 1.29 is 9.59 Å². The van der Waals surface area contributed by atoms with Gasteiger partial charge in [0.2, 0.25) is 11.8 Å². The van der Waals surface area contributed by atoms with Gasteiger partial charge in [-0.2, -0.15) is 0 Å². The van der Waals surface area contributed by atoms with Crippen molar-refractivity contribution in [2.45, 2.75) is 65.6 Å². The van der Waals surface area contributed by atoms with Crippen LogP contribution in [0.1, 0.15) is 53.0 Å². The highest BCUT2D eigenvalue weighted by atomic mass is 35.5. The van der Waals surface area contributed by atoms with Crippen LogP contribution in [-0.2, 0) is 16.1 Å². The quantitative estimate of drug-likeness (QED) is 0.858. The molecule has 23 heavy (non-hydrogen) atoms. The molecule has 2 amide bonds. The van der Waals surface area contributed by atoms with Gasteiger partial charge in [-0.1, -0.05) is 37.6 Å². The third-order valence-electron chi connectivity index (χ3n) is 3.45. The molecule has 0 unspecified atom stereocenters. The van der Waals surface area contributed by atoms with Crippen molar-refractivity contribution in [2.75, 3.05) is 0 Å². The fraction of sp³-hybridized carbons (Fsp3) is 0.556. The summed E-state index contributed by atoms with van der Waals surface area (Å²) in [4.78, 5) is 26.6. The van der Waals surface area contributed by atoms with Gasteiger partial charge in [0.1, 0.15) is 6.04 Å². The van der Waals surface area contributed by atoms with Crippen molar-refractivity contribution in [3.63, 3.8) is 0 Å². The van der Waals surface area contributed by atoms with Gasteiger partial charge in [-0.15, -0.1) is 0 Å². The normalized spacial score (nSPS) is 12.6. The molecular weight excluding hydrogens is 312 g/mol. The molecule has 1 atom stereocenters. The Balaban J connectivity index is 3.00. The van der Waals surface area contributed by atoms with Gasteiger partial charge in [0, 0.05) is 23.5 Å². The van der Waals surface area contributed by atoms with Crippen LogP contribution in [-0.4, -0.2) is 28.3 Å². The van der Waals surface area contributed by atoms with Crippen LogP contribution in [0, 0.1) is 0 Å². The molecule has 1 rings (SSSR count). The summed E-state index contributed by atoms with van der Waals surface area (Å²) in [5.41, 5.74) is 0.629. The van der Waals surface area contributed by atoms with Gasteiger partial charge in [-0.05, 0) is 44.9 Å². The minimum atomic E-state index is -0.475. The molecule has 1 aromatic rings. The second-order valence-electron chi connectivity index (χ2n) is 6.66. The maximum Gasteiger partial charge on any atom is 0.243 e. The highest BCUT2D eigenvalue weighted by Gasteiger charge is 2.29. The SMILES string of the molecule is CCC(=O)N(Cc1ccc(Cl)cc1)[C@H](CC)C(=O)NC(C)(C)C. The number of rotatable bonds is 6. The Morgan fingerprint density at radius 1 is 1.17 bits per heavy atom. The van der Waals surface area contributed by atoms with Crippen molar-refractivity contribution in [1.29, 1.82) is 0 Å². The minimum Gasteiger partial charge on any atom is -0.350 e. The van der Waals surface area contributed by atoms with E-state index in [0.717, 1.165) is 5.56 Å². The van der Waals surface area contributed by atoms with Crippen molar-refractivity contribution in [1.82, 2.24) is 10.2 Å². The van der Waals surface area contributed by atoms with E-state index in [1.54, 1.807) is 17.0 Å². The van der Waals surface area contributed by atoms with E-state index in [9.17, 15) is 9.59 Å². The van der Waals surface area contributed by atoms with Gasteiger partial charge >= 0.3 is 0 Å². The smallest absolute Gasteiger partial charge is 0.243 e. The van der Waals surface area contributed by atoms with E-state index in [0.29, 0.717) is 24.4 Å². The Bertz CT molecular complexity index is 535. The molecule has 0 bridgehead atoms. The monoisotopic (exact) mass is 338 g/mol. The number of carbonyl (C=O) groups is 2. The molecule has 0 aromatic heterocycles.